The van der Waals surface area contributed by atoms with E-state index in [4.69, 9.17) is 4.74 Å². The van der Waals surface area contributed by atoms with Gasteiger partial charge in [0.2, 0.25) is 0 Å². The zero-order valence-electron chi connectivity index (χ0n) is 14.7. The molecule has 0 spiro atoms. The average molecular weight is 359 g/mol. The number of carboxylic acid groups (broad SMARTS) is 1. The highest BCUT2D eigenvalue weighted by Gasteiger charge is 2.35. The maximum absolute atomic E-state index is 13.1. The number of carboxylic acids is 1. The Kier molecular flexibility index (Phi) is 5.03. The summed E-state index contributed by atoms with van der Waals surface area (Å²) in [4.78, 5) is 38.5. The van der Waals surface area contributed by atoms with Crippen molar-refractivity contribution in [1.29, 1.82) is 0 Å². The molecule has 1 amide bonds. The number of carbonyl (C=O) groups is 2. The van der Waals surface area contributed by atoms with Gasteiger partial charge in [0.05, 0.1) is 18.6 Å². The van der Waals surface area contributed by atoms with E-state index in [1.54, 1.807) is 24.3 Å². The third-order valence-electron chi connectivity index (χ3n) is 4.28. The Morgan fingerprint density at radius 2 is 2.00 bits per heavy atom. The number of amides is 1. The van der Waals surface area contributed by atoms with Crippen molar-refractivity contribution in [3.63, 3.8) is 0 Å². The van der Waals surface area contributed by atoms with Gasteiger partial charge in [0.15, 0.2) is 11.7 Å². The Bertz CT molecular complexity index is 905. The molecule has 8 nitrogen and oxygen atoms in total. The van der Waals surface area contributed by atoms with E-state index in [0.29, 0.717) is 17.3 Å². The normalized spacial score (nSPS) is 17.7. The molecular formula is C18H21N3O5. The van der Waals surface area contributed by atoms with Gasteiger partial charge in [-0.05, 0) is 12.0 Å². The van der Waals surface area contributed by atoms with E-state index < -0.39 is 17.9 Å². The summed E-state index contributed by atoms with van der Waals surface area (Å²) in [5.74, 6) is -1.47. The Morgan fingerprint density at radius 1 is 1.31 bits per heavy atom. The first-order valence-corrected chi connectivity index (χ1v) is 8.51. The first-order chi connectivity index (χ1) is 12.4. The summed E-state index contributed by atoms with van der Waals surface area (Å²) in [7, 11) is 0. The number of fused-ring (bicyclic) bond motifs is 1. The van der Waals surface area contributed by atoms with Crippen LogP contribution in [0.1, 0.15) is 24.3 Å². The first kappa shape index (κ1) is 18.1. The van der Waals surface area contributed by atoms with Gasteiger partial charge in [-0.15, -0.1) is 0 Å². The fourth-order valence-electron chi connectivity index (χ4n) is 3.05. The molecule has 1 aliphatic heterocycles. The van der Waals surface area contributed by atoms with Gasteiger partial charge in [0.1, 0.15) is 0 Å². The minimum atomic E-state index is -1.13. The van der Waals surface area contributed by atoms with Crippen LogP contribution in [-0.2, 0) is 16.1 Å². The van der Waals surface area contributed by atoms with Crippen LogP contribution in [0.2, 0.25) is 0 Å². The van der Waals surface area contributed by atoms with Gasteiger partial charge >= 0.3 is 5.97 Å². The molecule has 8 heteroatoms. The number of benzene rings is 1. The SMILES string of the molecule is CC(C)Cn1nc(C(=O)N2CCOC[C@H]2C(=O)O)c2ccccc2c1=O. The van der Waals surface area contributed by atoms with Gasteiger partial charge in [-0.1, -0.05) is 32.0 Å². The van der Waals surface area contributed by atoms with Gasteiger partial charge in [-0.25, -0.2) is 9.48 Å². The van der Waals surface area contributed by atoms with E-state index in [9.17, 15) is 19.5 Å². The zero-order valence-corrected chi connectivity index (χ0v) is 14.7. The van der Waals surface area contributed by atoms with Crippen molar-refractivity contribution >= 4 is 22.6 Å². The fraction of sp³-hybridized carbons (Fsp3) is 0.444. The topological polar surface area (TPSA) is 102 Å². The second kappa shape index (κ2) is 7.25. The molecule has 1 fully saturated rings. The zero-order chi connectivity index (χ0) is 18.8. The third-order valence-corrected chi connectivity index (χ3v) is 4.28. The minimum Gasteiger partial charge on any atom is -0.480 e. The van der Waals surface area contributed by atoms with Crippen molar-refractivity contribution in [2.24, 2.45) is 5.92 Å². The molecule has 1 aliphatic rings. The molecule has 1 saturated heterocycles. The van der Waals surface area contributed by atoms with E-state index in [2.05, 4.69) is 5.10 Å². The number of aromatic nitrogens is 2. The average Bonchev–Trinajstić information content (AvgIpc) is 2.63. The summed E-state index contributed by atoms with van der Waals surface area (Å²) in [6.07, 6.45) is 0. The Morgan fingerprint density at radius 3 is 2.65 bits per heavy atom. The van der Waals surface area contributed by atoms with Crippen molar-refractivity contribution in [1.82, 2.24) is 14.7 Å². The highest BCUT2D eigenvalue weighted by atomic mass is 16.5. The van der Waals surface area contributed by atoms with Crippen LogP contribution in [0, 0.1) is 5.92 Å². The predicted molar refractivity (Wildman–Crippen MR) is 94.1 cm³/mol. The van der Waals surface area contributed by atoms with Crippen LogP contribution in [0.4, 0.5) is 0 Å². The van der Waals surface area contributed by atoms with Crippen LogP contribution in [0.5, 0.6) is 0 Å². The van der Waals surface area contributed by atoms with E-state index in [0.717, 1.165) is 0 Å². The molecule has 138 valence electrons. The number of ether oxygens (including phenoxy) is 1. The Labute approximate surface area is 150 Å². The smallest absolute Gasteiger partial charge is 0.328 e. The quantitative estimate of drug-likeness (QED) is 0.873. The van der Waals surface area contributed by atoms with Crippen LogP contribution in [0.25, 0.3) is 10.8 Å². The maximum Gasteiger partial charge on any atom is 0.328 e. The molecule has 2 heterocycles. The van der Waals surface area contributed by atoms with Gasteiger partial charge < -0.3 is 14.7 Å². The van der Waals surface area contributed by atoms with Crippen molar-refractivity contribution in [2.45, 2.75) is 26.4 Å². The number of morpholine rings is 1. The van der Waals surface area contributed by atoms with Gasteiger partial charge in [0, 0.05) is 18.5 Å². The highest BCUT2D eigenvalue weighted by molar-refractivity contribution is 6.05. The molecule has 2 aromatic rings. The Balaban J connectivity index is 2.13. The number of hydrogen-bond donors (Lipinski definition) is 1. The monoisotopic (exact) mass is 359 g/mol. The number of hydrogen-bond acceptors (Lipinski definition) is 5. The predicted octanol–water partition coefficient (Wildman–Crippen LogP) is 0.978. The van der Waals surface area contributed by atoms with Crippen LogP contribution in [0.3, 0.4) is 0 Å². The van der Waals surface area contributed by atoms with Crippen LogP contribution < -0.4 is 5.56 Å². The lowest BCUT2D eigenvalue weighted by Crippen LogP contribution is -2.53. The molecular weight excluding hydrogens is 338 g/mol. The molecule has 1 aromatic carbocycles. The second-order valence-electron chi connectivity index (χ2n) is 6.70. The van der Waals surface area contributed by atoms with E-state index >= 15 is 0 Å². The summed E-state index contributed by atoms with van der Waals surface area (Å²) in [5, 5.41) is 14.5. The van der Waals surface area contributed by atoms with Crippen molar-refractivity contribution in [3.8, 4) is 0 Å². The second-order valence-corrected chi connectivity index (χ2v) is 6.70. The van der Waals surface area contributed by atoms with Crippen LogP contribution >= 0.6 is 0 Å². The molecule has 0 radical (unpaired) electrons. The molecule has 1 N–H and O–H groups in total. The summed E-state index contributed by atoms with van der Waals surface area (Å²) in [6.45, 7) is 4.63. The van der Waals surface area contributed by atoms with Crippen LogP contribution in [0.15, 0.2) is 29.1 Å². The minimum absolute atomic E-state index is 0.0648. The van der Waals surface area contributed by atoms with Crippen molar-refractivity contribution in [3.05, 3.63) is 40.3 Å². The Hall–Kier alpha value is -2.74. The highest BCUT2D eigenvalue weighted by Crippen LogP contribution is 2.18. The summed E-state index contributed by atoms with van der Waals surface area (Å²) in [6, 6.07) is 5.70. The largest absolute Gasteiger partial charge is 0.480 e. The van der Waals surface area contributed by atoms with Gasteiger partial charge in [-0.3, -0.25) is 9.59 Å². The van der Waals surface area contributed by atoms with Gasteiger partial charge in [0.25, 0.3) is 11.5 Å². The van der Waals surface area contributed by atoms with E-state index in [1.807, 2.05) is 13.8 Å². The standard InChI is InChI=1S/C18H21N3O5/c1-11(2)9-21-16(22)13-6-4-3-5-12(13)15(19-21)17(23)20-7-8-26-10-14(20)18(24)25/h3-6,11,14H,7-10H2,1-2H3,(H,24,25)/t14-/m0/s1. The maximum atomic E-state index is 13.1. The summed E-state index contributed by atoms with van der Waals surface area (Å²) in [5.41, 5.74) is -0.170. The lowest BCUT2D eigenvalue weighted by Gasteiger charge is -2.32. The van der Waals surface area contributed by atoms with Crippen LogP contribution in [-0.4, -0.2) is 57.5 Å². The number of aliphatic carboxylic acids is 1. The molecule has 1 aromatic heterocycles. The van der Waals surface area contributed by atoms with Crippen molar-refractivity contribution < 1.29 is 19.4 Å². The van der Waals surface area contributed by atoms with E-state index in [1.165, 1.54) is 9.58 Å². The lowest BCUT2D eigenvalue weighted by molar-refractivity contribution is -0.147. The summed E-state index contributed by atoms with van der Waals surface area (Å²) < 4.78 is 6.48. The third kappa shape index (κ3) is 3.32. The first-order valence-electron chi connectivity index (χ1n) is 8.51. The number of rotatable bonds is 4. The lowest BCUT2D eigenvalue weighted by atomic mass is 10.1. The number of carbonyl (C=O) groups excluding carboxylic acids is 1. The van der Waals surface area contributed by atoms with Gasteiger partial charge in [-0.2, -0.15) is 5.10 Å². The number of nitrogens with zero attached hydrogens (tertiary/aromatic N) is 3. The van der Waals surface area contributed by atoms with Crippen molar-refractivity contribution in [2.75, 3.05) is 19.8 Å². The molecule has 3 rings (SSSR count). The molecule has 1 atom stereocenters. The molecule has 0 aliphatic carbocycles. The fourth-order valence-corrected chi connectivity index (χ4v) is 3.05. The molecule has 0 unspecified atom stereocenters. The summed E-state index contributed by atoms with van der Waals surface area (Å²) >= 11 is 0. The van der Waals surface area contributed by atoms with E-state index in [-0.39, 0.29) is 36.9 Å². The molecule has 0 saturated carbocycles. The molecule has 26 heavy (non-hydrogen) atoms. The molecule has 0 bridgehead atoms.